The molecule has 3 aromatic carbocycles. The first-order valence-corrected chi connectivity index (χ1v) is 11.3. The van der Waals surface area contributed by atoms with Crippen LogP contribution in [0.5, 0.6) is 0 Å². The fraction of sp³-hybridized carbons (Fsp3) is 0.308. The molecule has 0 amide bonds. The van der Waals surface area contributed by atoms with Crippen LogP contribution in [0, 0.1) is 0 Å². The second-order valence-corrected chi connectivity index (χ2v) is 8.43. The molecule has 2 N–H and O–H groups in total. The van der Waals surface area contributed by atoms with Gasteiger partial charge in [-0.15, -0.1) is 0 Å². The van der Waals surface area contributed by atoms with Gasteiger partial charge in [0.05, 0.1) is 11.0 Å². The number of fused-ring (bicyclic) bond motifs is 3. The van der Waals surface area contributed by atoms with Crippen molar-refractivity contribution in [3.05, 3.63) is 77.9 Å². The Morgan fingerprint density at radius 3 is 2.31 bits per heavy atom. The fourth-order valence-corrected chi connectivity index (χ4v) is 4.75. The topological polar surface area (TPSA) is 30.9 Å². The van der Waals surface area contributed by atoms with Crippen LogP contribution < -0.4 is 5.73 Å². The number of hydrogen-bond donors (Lipinski definition) is 2. The third-order valence-electron chi connectivity index (χ3n) is 6.16. The largest absolute Gasteiger partial charge is 0.321 e. The zero-order valence-electron chi connectivity index (χ0n) is 17.4. The summed E-state index contributed by atoms with van der Waals surface area (Å²) in [5.74, 6) is 0.863. The zero-order chi connectivity index (χ0) is 20.4. The van der Waals surface area contributed by atoms with E-state index in [9.17, 15) is 0 Å². The van der Waals surface area contributed by atoms with E-state index in [-0.39, 0.29) is 5.54 Å². The van der Waals surface area contributed by atoms with Crippen molar-refractivity contribution >= 4 is 34.4 Å². The summed E-state index contributed by atoms with van der Waals surface area (Å²) in [6.07, 6.45) is 4.03. The highest BCUT2D eigenvalue weighted by Gasteiger charge is 2.24. The van der Waals surface area contributed by atoms with Gasteiger partial charge in [-0.05, 0) is 66.5 Å². The molecule has 0 radical (unpaired) electrons. The van der Waals surface area contributed by atoms with E-state index in [0.29, 0.717) is 0 Å². The lowest BCUT2D eigenvalue weighted by Gasteiger charge is -2.28. The Balaban J connectivity index is 1.87. The van der Waals surface area contributed by atoms with Crippen molar-refractivity contribution in [2.24, 2.45) is 5.73 Å². The molecule has 0 aliphatic carbocycles. The molecule has 0 spiro atoms. The molecule has 0 saturated carbocycles. The number of thiol groups is 1. The maximum absolute atomic E-state index is 6.71. The van der Waals surface area contributed by atoms with E-state index in [2.05, 4.69) is 97.8 Å². The highest BCUT2D eigenvalue weighted by molar-refractivity contribution is 7.80. The van der Waals surface area contributed by atoms with Gasteiger partial charge in [0.25, 0.3) is 0 Å². The molecular weight excluding hydrogens is 372 g/mol. The molecule has 2 nitrogen and oxygen atoms in total. The van der Waals surface area contributed by atoms with Crippen LogP contribution in [-0.4, -0.2) is 10.3 Å². The Labute approximate surface area is 179 Å². The van der Waals surface area contributed by atoms with E-state index >= 15 is 0 Å². The molecule has 0 aliphatic heterocycles. The van der Waals surface area contributed by atoms with Crippen LogP contribution in [0.2, 0.25) is 0 Å². The Morgan fingerprint density at radius 2 is 1.62 bits per heavy atom. The van der Waals surface area contributed by atoms with E-state index < -0.39 is 0 Å². The lowest BCUT2D eigenvalue weighted by molar-refractivity contribution is 0.390. The van der Waals surface area contributed by atoms with E-state index in [4.69, 9.17) is 5.73 Å². The molecule has 150 valence electrons. The minimum absolute atomic E-state index is 0.240. The number of aromatic nitrogens is 1. The van der Waals surface area contributed by atoms with Gasteiger partial charge >= 0.3 is 0 Å². The Kier molecular flexibility index (Phi) is 5.71. The van der Waals surface area contributed by atoms with Crippen molar-refractivity contribution in [3.8, 4) is 5.69 Å². The number of aryl methyl sites for hydroxylation is 1. The number of para-hydroxylation sites is 1. The van der Waals surface area contributed by atoms with Crippen molar-refractivity contribution in [1.29, 1.82) is 0 Å². The Hall–Kier alpha value is -2.23. The molecule has 1 aromatic heterocycles. The molecular formula is C26H30N2S. The van der Waals surface area contributed by atoms with Crippen molar-refractivity contribution in [2.45, 2.75) is 45.1 Å². The van der Waals surface area contributed by atoms with E-state index in [1.807, 2.05) is 0 Å². The second kappa shape index (κ2) is 8.25. The lowest BCUT2D eigenvalue weighted by atomic mass is 9.84. The summed E-state index contributed by atoms with van der Waals surface area (Å²) in [6, 6.07) is 24.3. The van der Waals surface area contributed by atoms with Gasteiger partial charge in [-0.1, -0.05) is 56.7 Å². The summed E-state index contributed by atoms with van der Waals surface area (Å²) in [6.45, 7) is 4.38. The van der Waals surface area contributed by atoms with Crippen LogP contribution in [-0.2, 0) is 12.0 Å². The predicted molar refractivity (Wildman–Crippen MR) is 129 cm³/mol. The normalized spacial score (nSPS) is 13.8. The smallest absolute Gasteiger partial charge is 0.0541 e. The molecule has 0 bridgehead atoms. The van der Waals surface area contributed by atoms with Crippen LogP contribution in [0.4, 0.5) is 0 Å². The van der Waals surface area contributed by atoms with Crippen molar-refractivity contribution in [1.82, 2.24) is 4.57 Å². The number of rotatable bonds is 7. The predicted octanol–water partition coefficient (Wildman–Crippen LogP) is 6.62. The quantitative estimate of drug-likeness (QED) is 0.334. The van der Waals surface area contributed by atoms with Gasteiger partial charge in [-0.2, -0.15) is 12.6 Å². The van der Waals surface area contributed by atoms with Crippen LogP contribution >= 0.6 is 12.6 Å². The summed E-state index contributed by atoms with van der Waals surface area (Å²) in [5, 5.41) is 2.59. The minimum atomic E-state index is -0.240. The molecule has 0 fully saturated rings. The fourth-order valence-electron chi connectivity index (χ4n) is 4.50. The first kappa shape index (κ1) is 20.1. The average molecular weight is 403 g/mol. The molecule has 1 atom stereocenters. The van der Waals surface area contributed by atoms with Gasteiger partial charge in [-0.25, -0.2) is 0 Å². The van der Waals surface area contributed by atoms with Gasteiger partial charge in [0, 0.05) is 22.0 Å². The highest BCUT2D eigenvalue weighted by Crippen LogP contribution is 2.34. The molecule has 4 aromatic rings. The van der Waals surface area contributed by atoms with Crippen LogP contribution in [0.3, 0.4) is 0 Å². The highest BCUT2D eigenvalue weighted by atomic mass is 32.1. The van der Waals surface area contributed by atoms with Crippen LogP contribution in [0.25, 0.3) is 27.5 Å². The van der Waals surface area contributed by atoms with E-state index in [1.165, 1.54) is 38.6 Å². The summed E-state index contributed by atoms with van der Waals surface area (Å²) >= 11 is 4.40. The van der Waals surface area contributed by atoms with E-state index in [1.54, 1.807) is 0 Å². The van der Waals surface area contributed by atoms with Crippen molar-refractivity contribution in [3.63, 3.8) is 0 Å². The SMILES string of the molecule is CCCC(N)(CC)c1ccc(-n2c3ccccc3c3cc(CCS)ccc32)cc1. The maximum atomic E-state index is 6.71. The van der Waals surface area contributed by atoms with Crippen LogP contribution in [0.1, 0.15) is 44.2 Å². The van der Waals surface area contributed by atoms with Gasteiger partial charge < -0.3 is 10.3 Å². The van der Waals surface area contributed by atoms with Crippen molar-refractivity contribution in [2.75, 3.05) is 5.75 Å². The third kappa shape index (κ3) is 3.58. The number of nitrogens with zero attached hydrogens (tertiary/aromatic N) is 1. The van der Waals surface area contributed by atoms with Crippen LogP contribution in [0.15, 0.2) is 66.7 Å². The number of hydrogen-bond acceptors (Lipinski definition) is 2. The average Bonchev–Trinajstić information content (AvgIpc) is 3.08. The first-order chi connectivity index (χ1) is 14.1. The lowest BCUT2D eigenvalue weighted by Crippen LogP contribution is -2.35. The van der Waals surface area contributed by atoms with Crippen molar-refractivity contribution < 1.29 is 0 Å². The Bertz CT molecular complexity index is 1130. The zero-order valence-corrected chi connectivity index (χ0v) is 18.3. The summed E-state index contributed by atoms with van der Waals surface area (Å²) in [5.41, 5.74) is 12.7. The van der Waals surface area contributed by atoms with Gasteiger partial charge in [0.2, 0.25) is 0 Å². The third-order valence-corrected chi connectivity index (χ3v) is 6.39. The van der Waals surface area contributed by atoms with E-state index in [0.717, 1.165) is 31.4 Å². The molecule has 1 unspecified atom stereocenters. The van der Waals surface area contributed by atoms with Gasteiger partial charge in [0.15, 0.2) is 0 Å². The molecule has 4 rings (SSSR count). The monoisotopic (exact) mass is 402 g/mol. The molecule has 29 heavy (non-hydrogen) atoms. The standard InChI is InChI=1S/C26H30N2S/c1-3-16-26(27,4-2)20-10-12-21(13-11-20)28-24-8-6-5-7-22(24)23-18-19(15-17-29)9-14-25(23)28/h5-14,18,29H,3-4,15-17,27H2,1-2H3. The minimum Gasteiger partial charge on any atom is -0.321 e. The molecule has 0 saturated heterocycles. The molecule has 1 heterocycles. The molecule has 3 heteroatoms. The number of benzene rings is 3. The first-order valence-electron chi connectivity index (χ1n) is 10.6. The second-order valence-electron chi connectivity index (χ2n) is 7.98. The Morgan fingerprint density at radius 1 is 0.897 bits per heavy atom. The summed E-state index contributed by atoms with van der Waals surface area (Å²) in [7, 11) is 0. The summed E-state index contributed by atoms with van der Waals surface area (Å²) < 4.78 is 2.36. The van der Waals surface area contributed by atoms with Gasteiger partial charge in [-0.3, -0.25) is 0 Å². The summed E-state index contributed by atoms with van der Waals surface area (Å²) in [4.78, 5) is 0. The maximum Gasteiger partial charge on any atom is 0.0541 e. The van der Waals surface area contributed by atoms with Gasteiger partial charge in [0.1, 0.15) is 0 Å². The number of nitrogens with two attached hydrogens (primary N) is 1. The molecule has 0 aliphatic rings.